The molecule has 0 atom stereocenters. The van der Waals surface area contributed by atoms with Crippen LogP contribution >= 0.6 is 0 Å². The number of pyridine rings is 1. The predicted octanol–water partition coefficient (Wildman–Crippen LogP) is 3.69. The minimum atomic E-state index is 0.269. The van der Waals surface area contributed by atoms with Crippen molar-refractivity contribution in [2.75, 3.05) is 50.2 Å². The minimum Gasteiger partial charge on any atom is -0.454 e. The van der Waals surface area contributed by atoms with E-state index in [2.05, 4.69) is 40.6 Å². The third kappa shape index (κ3) is 5.38. The number of oxime groups is 1. The zero-order chi connectivity index (χ0) is 21.5. The van der Waals surface area contributed by atoms with E-state index in [-0.39, 0.29) is 6.79 Å². The SMILES string of the molecule is CCN(CC)CCCNc1ccc2c(n1)NCC/C2=N\OCc1ccc2c(c1)OCO2. The molecule has 2 aliphatic rings. The Morgan fingerprint density at radius 3 is 2.90 bits per heavy atom. The fourth-order valence-corrected chi connectivity index (χ4v) is 3.73. The van der Waals surface area contributed by atoms with Crippen molar-refractivity contribution in [3.8, 4) is 11.5 Å². The highest BCUT2D eigenvalue weighted by molar-refractivity contribution is 6.05. The van der Waals surface area contributed by atoms with Crippen molar-refractivity contribution in [1.82, 2.24) is 9.88 Å². The van der Waals surface area contributed by atoms with Crippen LogP contribution in [0.4, 0.5) is 11.6 Å². The molecule has 3 heterocycles. The number of hydrogen-bond acceptors (Lipinski definition) is 8. The van der Waals surface area contributed by atoms with Crippen molar-refractivity contribution < 1.29 is 14.3 Å². The van der Waals surface area contributed by atoms with Crippen LogP contribution in [-0.2, 0) is 11.4 Å². The highest BCUT2D eigenvalue weighted by atomic mass is 16.7. The average Bonchev–Trinajstić information content (AvgIpc) is 3.27. The van der Waals surface area contributed by atoms with Gasteiger partial charge in [-0.1, -0.05) is 25.1 Å². The zero-order valence-electron chi connectivity index (χ0n) is 18.3. The second kappa shape index (κ2) is 10.3. The largest absolute Gasteiger partial charge is 0.454 e. The summed E-state index contributed by atoms with van der Waals surface area (Å²) in [4.78, 5) is 12.8. The van der Waals surface area contributed by atoms with E-state index in [1.807, 2.05) is 24.3 Å². The summed E-state index contributed by atoms with van der Waals surface area (Å²) >= 11 is 0. The molecule has 0 spiro atoms. The number of aromatic nitrogens is 1. The molecule has 2 aromatic rings. The standard InChI is InChI=1S/C23H31N5O3/c1-3-28(4-2)13-5-11-24-22-9-7-18-19(10-12-25-23(18)26-22)27-31-15-17-6-8-20-21(14-17)30-16-29-20/h6-9,14H,3-5,10-13,15-16H2,1-2H3,(H2,24,25,26)/b27-19+. The van der Waals surface area contributed by atoms with E-state index in [9.17, 15) is 0 Å². The first kappa shape index (κ1) is 21.2. The van der Waals surface area contributed by atoms with Crippen LogP contribution in [0.5, 0.6) is 11.5 Å². The van der Waals surface area contributed by atoms with Gasteiger partial charge in [-0.15, -0.1) is 0 Å². The molecule has 8 nitrogen and oxygen atoms in total. The Labute approximate surface area is 183 Å². The first-order valence-corrected chi connectivity index (χ1v) is 11.1. The van der Waals surface area contributed by atoms with Crippen molar-refractivity contribution in [3.63, 3.8) is 0 Å². The van der Waals surface area contributed by atoms with Gasteiger partial charge in [-0.25, -0.2) is 4.98 Å². The minimum absolute atomic E-state index is 0.269. The van der Waals surface area contributed by atoms with E-state index in [4.69, 9.17) is 19.3 Å². The van der Waals surface area contributed by atoms with Crippen molar-refractivity contribution in [2.45, 2.75) is 33.3 Å². The third-order valence-electron chi connectivity index (χ3n) is 5.55. The molecule has 2 aliphatic heterocycles. The summed E-state index contributed by atoms with van der Waals surface area (Å²) < 4.78 is 10.8. The molecule has 0 saturated carbocycles. The van der Waals surface area contributed by atoms with Gasteiger partial charge in [-0.05, 0) is 55.9 Å². The number of rotatable bonds is 10. The maximum Gasteiger partial charge on any atom is 0.231 e. The molecular weight excluding hydrogens is 394 g/mol. The average molecular weight is 426 g/mol. The molecule has 2 N–H and O–H groups in total. The number of hydrogen-bond donors (Lipinski definition) is 2. The molecule has 0 aliphatic carbocycles. The molecule has 1 aromatic carbocycles. The Morgan fingerprint density at radius 1 is 1.16 bits per heavy atom. The number of benzene rings is 1. The Hall–Kier alpha value is -3.00. The van der Waals surface area contributed by atoms with Crippen LogP contribution in [0.25, 0.3) is 0 Å². The van der Waals surface area contributed by atoms with Gasteiger partial charge in [0.25, 0.3) is 0 Å². The lowest BCUT2D eigenvalue weighted by Crippen LogP contribution is -2.25. The van der Waals surface area contributed by atoms with Gasteiger partial charge in [0.1, 0.15) is 18.2 Å². The van der Waals surface area contributed by atoms with E-state index in [1.165, 1.54) is 0 Å². The van der Waals surface area contributed by atoms with Gasteiger partial charge in [0.15, 0.2) is 11.5 Å². The topological polar surface area (TPSA) is 80.2 Å². The maximum atomic E-state index is 5.64. The zero-order valence-corrected chi connectivity index (χ0v) is 18.3. The molecule has 0 radical (unpaired) electrons. The van der Waals surface area contributed by atoms with Crippen LogP contribution in [0.3, 0.4) is 0 Å². The fourth-order valence-electron chi connectivity index (χ4n) is 3.73. The second-order valence-electron chi connectivity index (χ2n) is 7.58. The summed E-state index contributed by atoms with van der Waals surface area (Å²) in [7, 11) is 0. The summed E-state index contributed by atoms with van der Waals surface area (Å²) in [6.45, 7) is 10.0. The van der Waals surface area contributed by atoms with E-state index in [0.717, 1.165) is 85.5 Å². The number of nitrogens with one attached hydrogen (secondary N) is 2. The van der Waals surface area contributed by atoms with Gasteiger partial charge < -0.3 is 29.8 Å². The Morgan fingerprint density at radius 2 is 2.03 bits per heavy atom. The fraction of sp³-hybridized carbons (Fsp3) is 0.478. The molecular formula is C23H31N5O3. The van der Waals surface area contributed by atoms with Crippen LogP contribution in [0.1, 0.15) is 37.8 Å². The van der Waals surface area contributed by atoms with Crippen LogP contribution in [-0.4, -0.2) is 55.1 Å². The highest BCUT2D eigenvalue weighted by Crippen LogP contribution is 2.32. The van der Waals surface area contributed by atoms with Crippen LogP contribution in [0.15, 0.2) is 35.5 Å². The maximum absolute atomic E-state index is 5.64. The molecule has 0 amide bonds. The normalized spacial score (nSPS) is 15.6. The molecule has 0 unspecified atom stereocenters. The summed E-state index contributed by atoms with van der Waals surface area (Å²) in [6, 6.07) is 9.86. The van der Waals surface area contributed by atoms with E-state index in [1.54, 1.807) is 0 Å². The molecule has 8 heteroatoms. The third-order valence-corrected chi connectivity index (χ3v) is 5.55. The lowest BCUT2D eigenvalue weighted by atomic mass is 10.1. The highest BCUT2D eigenvalue weighted by Gasteiger charge is 2.18. The molecule has 4 rings (SSSR count). The van der Waals surface area contributed by atoms with Crippen LogP contribution in [0, 0.1) is 0 Å². The monoisotopic (exact) mass is 425 g/mol. The van der Waals surface area contributed by atoms with Crippen LogP contribution in [0.2, 0.25) is 0 Å². The molecule has 0 fully saturated rings. The lowest BCUT2D eigenvalue weighted by Gasteiger charge is -2.20. The van der Waals surface area contributed by atoms with Gasteiger partial charge in [0, 0.05) is 25.1 Å². The number of anilines is 2. The van der Waals surface area contributed by atoms with E-state index in [0.29, 0.717) is 6.61 Å². The summed E-state index contributed by atoms with van der Waals surface area (Å²) in [5.41, 5.74) is 2.89. The quantitative estimate of drug-likeness (QED) is 0.444. The van der Waals surface area contributed by atoms with Gasteiger partial charge in [-0.2, -0.15) is 0 Å². The molecule has 31 heavy (non-hydrogen) atoms. The first-order chi connectivity index (χ1) is 15.3. The summed E-state index contributed by atoms with van der Waals surface area (Å²) in [6.07, 6.45) is 1.89. The summed E-state index contributed by atoms with van der Waals surface area (Å²) in [5.74, 6) is 3.26. The molecule has 166 valence electrons. The molecule has 1 aromatic heterocycles. The van der Waals surface area contributed by atoms with Gasteiger partial charge in [0.05, 0.1) is 5.71 Å². The Bertz CT molecular complexity index is 914. The van der Waals surface area contributed by atoms with Gasteiger partial charge >= 0.3 is 0 Å². The summed E-state index contributed by atoms with van der Waals surface area (Å²) in [5, 5.41) is 11.2. The molecule has 0 bridgehead atoms. The smallest absolute Gasteiger partial charge is 0.231 e. The van der Waals surface area contributed by atoms with Crippen molar-refractivity contribution in [2.24, 2.45) is 5.16 Å². The van der Waals surface area contributed by atoms with E-state index >= 15 is 0 Å². The van der Waals surface area contributed by atoms with Gasteiger partial charge in [-0.3, -0.25) is 0 Å². The Balaban J connectivity index is 1.32. The first-order valence-electron chi connectivity index (χ1n) is 11.1. The predicted molar refractivity (Wildman–Crippen MR) is 122 cm³/mol. The van der Waals surface area contributed by atoms with Crippen molar-refractivity contribution >= 4 is 17.3 Å². The van der Waals surface area contributed by atoms with Crippen molar-refractivity contribution in [3.05, 3.63) is 41.5 Å². The molecule has 0 saturated heterocycles. The van der Waals surface area contributed by atoms with Crippen molar-refractivity contribution in [1.29, 1.82) is 0 Å². The lowest BCUT2D eigenvalue weighted by molar-refractivity contribution is 0.130. The Kier molecular flexibility index (Phi) is 7.09. The second-order valence-corrected chi connectivity index (χ2v) is 7.58. The van der Waals surface area contributed by atoms with Gasteiger partial charge in [0.2, 0.25) is 6.79 Å². The number of fused-ring (bicyclic) bond motifs is 2. The number of nitrogens with zero attached hydrogens (tertiary/aromatic N) is 3. The van der Waals surface area contributed by atoms with Crippen LogP contribution < -0.4 is 20.1 Å². The van der Waals surface area contributed by atoms with E-state index < -0.39 is 0 Å². The number of ether oxygens (including phenoxy) is 2.